The van der Waals surface area contributed by atoms with Gasteiger partial charge in [0.25, 0.3) is 0 Å². The molecule has 0 spiro atoms. The van der Waals surface area contributed by atoms with Crippen molar-refractivity contribution >= 4 is 34.5 Å². The van der Waals surface area contributed by atoms with Gasteiger partial charge in [-0.05, 0) is 38.2 Å². The van der Waals surface area contributed by atoms with Crippen molar-refractivity contribution in [3.8, 4) is 10.6 Å². The van der Waals surface area contributed by atoms with E-state index in [1.807, 2.05) is 19.2 Å². The van der Waals surface area contributed by atoms with Gasteiger partial charge in [-0.1, -0.05) is 34.5 Å². The Balaban J connectivity index is 2.13. The van der Waals surface area contributed by atoms with Crippen molar-refractivity contribution < 1.29 is 0 Å². The van der Waals surface area contributed by atoms with Gasteiger partial charge >= 0.3 is 0 Å². The van der Waals surface area contributed by atoms with E-state index in [4.69, 9.17) is 23.2 Å². The molecule has 0 saturated carbocycles. The molecule has 3 nitrogen and oxygen atoms in total. The summed E-state index contributed by atoms with van der Waals surface area (Å²) in [5.74, 6) is 0. The molecule has 0 radical (unpaired) electrons. The smallest absolute Gasteiger partial charge is 0.147 e. The van der Waals surface area contributed by atoms with Crippen LogP contribution in [0.4, 0.5) is 0 Å². The first kappa shape index (κ1) is 13.7. The van der Waals surface area contributed by atoms with Gasteiger partial charge < -0.3 is 5.32 Å². The molecule has 0 amide bonds. The van der Waals surface area contributed by atoms with Crippen LogP contribution in [0.25, 0.3) is 10.6 Å². The lowest BCUT2D eigenvalue weighted by atomic mass is 10.2. The number of halogens is 2. The molecule has 18 heavy (non-hydrogen) atoms. The molecule has 1 N–H and O–H groups in total. The molecular formula is C12H13Cl2N3S. The Morgan fingerprint density at radius 1 is 1.17 bits per heavy atom. The third-order valence-corrected chi connectivity index (χ3v) is 3.86. The van der Waals surface area contributed by atoms with Gasteiger partial charge in [0.05, 0.1) is 0 Å². The third-order valence-electron chi connectivity index (χ3n) is 2.39. The van der Waals surface area contributed by atoms with E-state index in [1.165, 1.54) is 0 Å². The molecule has 96 valence electrons. The van der Waals surface area contributed by atoms with Crippen LogP contribution in [0, 0.1) is 0 Å². The zero-order valence-corrected chi connectivity index (χ0v) is 12.2. The van der Waals surface area contributed by atoms with Gasteiger partial charge in [-0.2, -0.15) is 0 Å². The molecule has 1 aromatic carbocycles. The van der Waals surface area contributed by atoms with Crippen LogP contribution in [0.3, 0.4) is 0 Å². The Morgan fingerprint density at radius 2 is 1.89 bits per heavy atom. The summed E-state index contributed by atoms with van der Waals surface area (Å²) in [6, 6.07) is 5.41. The molecule has 0 bridgehead atoms. The maximum absolute atomic E-state index is 5.97. The second kappa shape index (κ2) is 6.48. The standard InChI is InChI=1S/C12H13Cl2N3S/c1-15-4-2-3-11-16-17-12(18-11)8-5-9(13)7-10(14)6-8/h5-7,15H,2-4H2,1H3. The van der Waals surface area contributed by atoms with Gasteiger partial charge in [0.15, 0.2) is 0 Å². The second-order valence-corrected chi connectivity index (χ2v) is 5.80. The first-order valence-electron chi connectivity index (χ1n) is 5.62. The Morgan fingerprint density at radius 3 is 2.56 bits per heavy atom. The maximum atomic E-state index is 5.97. The summed E-state index contributed by atoms with van der Waals surface area (Å²) in [5.41, 5.74) is 0.921. The summed E-state index contributed by atoms with van der Waals surface area (Å²) >= 11 is 13.5. The first-order valence-corrected chi connectivity index (χ1v) is 7.20. The largest absolute Gasteiger partial charge is 0.320 e. The number of aryl methyl sites for hydroxylation is 1. The topological polar surface area (TPSA) is 37.8 Å². The Bertz CT molecular complexity index is 508. The SMILES string of the molecule is CNCCCc1nnc(-c2cc(Cl)cc(Cl)c2)s1. The average Bonchev–Trinajstić information content (AvgIpc) is 2.77. The van der Waals surface area contributed by atoms with Gasteiger partial charge in [-0.25, -0.2) is 0 Å². The molecule has 6 heteroatoms. The Labute approximate surface area is 120 Å². The van der Waals surface area contributed by atoms with E-state index in [2.05, 4.69) is 15.5 Å². The first-order chi connectivity index (χ1) is 8.69. The lowest BCUT2D eigenvalue weighted by molar-refractivity contribution is 0.718. The van der Waals surface area contributed by atoms with Crippen molar-refractivity contribution in [3.63, 3.8) is 0 Å². The Kier molecular flexibility index (Phi) is 4.95. The minimum absolute atomic E-state index is 0.615. The minimum atomic E-state index is 0.615. The number of benzene rings is 1. The van der Waals surface area contributed by atoms with Crippen molar-refractivity contribution in [2.75, 3.05) is 13.6 Å². The second-order valence-electron chi connectivity index (χ2n) is 3.87. The molecule has 0 atom stereocenters. The monoisotopic (exact) mass is 301 g/mol. The van der Waals surface area contributed by atoms with Crippen molar-refractivity contribution in [3.05, 3.63) is 33.3 Å². The van der Waals surface area contributed by atoms with Gasteiger partial charge in [-0.15, -0.1) is 10.2 Å². The molecule has 2 rings (SSSR count). The van der Waals surface area contributed by atoms with E-state index < -0.39 is 0 Å². The number of hydrogen-bond donors (Lipinski definition) is 1. The molecule has 1 heterocycles. The number of rotatable bonds is 5. The van der Waals surface area contributed by atoms with Crippen LogP contribution in [0.15, 0.2) is 18.2 Å². The summed E-state index contributed by atoms with van der Waals surface area (Å²) in [4.78, 5) is 0. The fraction of sp³-hybridized carbons (Fsp3) is 0.333. The van der Waals surface area contributed by atoms with Crippen molar-refractivity contribution in [1.82, 2.24) is 15.5 Å². The highest BCUT2D eigenvalue weighted by atomic mass is 35.5. The van der Waals surface area contributed by atoms with E-state index in [-0.39, 0.29) is 0 Å². The summed E-state index contributed by atoms with van der Waals surface area (Å²) < 4.78 is 0. The highest BCUT2D eigenvalue weighted by Gasteiger charge is 2.08. The molecule has 0 aliphatic carbocycles. The van der Waals surface area contributed by atoms with E-state index in [0.29, 0.717) is 10.0 Å². The molecule has 0 saturated heterocycles. The van der Waals surface area contributed by atoms with Gasteiger partial charge in [0, 0.05) is 22.0 Å². The minimum Gasteiger partial charge on any atom is -0.320 e. The lowest BCUT2D eigenvalue weighted by Gasteiger charge is -1.98. The van der Waals surface area contributed by atoms with E-state index in [0.717, 1.165) is 35.0 Å². The number of hydrogen-bond acceptors (Lipinski definition) is 4. The number of nitrogens with zero attached hydrogens (tertiary/aromatic N) is 2. The maximum Gasteiger partial charge on any atom is 0.147 e. The van der Waals surface area contributed by atoms with Crippen LogP contribution in [0.1, 0.15) is 11.4 Å². The molecule has 0 aliphatic heterocycles. The quantitative estimate of drug-likeness (QED) is 0.856. The van der Waals surface area contributed by atoms with Crippen molar-refractivity contribution in [2.24, 2.45) is 0 Å². The van der Waals surface area contributed by atoms with Crippen LogP contribution >= 0.6 is 34.5 Å². The summed E-state index contributed by atoms with van der Waals surface area (Å²) in [5, 5.41) is 14.6. The molecule has 2 aromatic rings. The summed E-state index contributed by atoms with van der Waals surface area (Å²) in [6.07, 6.45) is 1.99. The van der Waals surface area contributed by atoms with E-state index in [9.17, 15) is 0 Å². The van der Waals surface area contributed by atoms with Crippen LogP contribution in [0.5, 0.6) is 0 Å². The van der Waals surface area contributed by atoms with E-state index in [1.54, 1.807) is 17.4 Å². The fourth-order valence-corrected chi connectivity index (χ4v) is 2.96. The summed E-state index contributed by atoms with van der Waals surface area (Å²) in [6.45, 7) is 0.984. The highest BCUT2D eigenvalue weighted by molar-refractivity contribution is 7.14. The average molecular weight is 302 g/mol. The molecular weight excluding hydrogens is 289 g/mol. The molecule has 0 fully saturated rings. The van der Waals surface area contributed by atoms with Gasteiger partial charge in [-0.3, -0.25) is 0 Å². The third kappa shape index (κ3) is 3.65. The van der Waals surface area contributed by atoms with Crippen molar-refractivity contribution in [1.29, 1.82) is 0 Å². The van der Waals surface area contributed by atoms with Gasteiger partial charge in [0.1, 0.15) is 10.0 Å². The van der Waals surface area contributed by atoms with Crippen LogP contribution in [-0.4, -0.2) is 23.8 Å². The summed E-state index contributed by atoms with van der Waals surface area (Å²) in [7, 11) is 1.94. The molecule has 1 aromatic heterocycles. The highest BCUT2D eigenvalue weighted by Crippen LogP contribution is 2.29. The Hall–Kier alpha value is -0.680. The zero-order chi connectivity index (χ0) is 13.0. The molecule has 0 unspecified atom stereocenters. The zero-order valence-electron chi connectivity index (χ0n) is 9.91. The predicted molar refractivity (Wildman–Crippen MR) is 77.6 cm³/mol. The predicted octanol–water partition coefficient (Wildman–Crippen LogP) is 3.66. The van der Waals surface area contributed by atoms with Crippen LogP contribution < -0.4 is 5.32 Å². The number of nitrogens with one attached hydrogen (secondary N) is 1. The van der Waals surface area contributed by atoms with Crippen LogP contribution in [0.2, 0.25) is 10.0 Å². The van der Waals surface area contributed by atoms with Crippen molar-refractivity contribution in [2.45, 2.75) is 12.8 Å². The van der Waals surface area contributed by atoms with Crippen LogP contribution in [-0.2, 0) is 6.42 Å². The molecule has 0 aliphatic rings. The normalized spacial score (nSPS) is 10.8. The van der Waals surface area contributed by atoms with Gasteiger partial charge in [0.2, 0.25) is 0 Å². The number of aromatic nitrogens is 2. The fourth-order valence-electron chi connectivity index (χ4n) is 1.56. The lowest BCUT2D eigenvalue weighted by Crippen LogP contribution is -2.08. The van der Waals surface area contributed by atoms with E-state index >= 15 is 0 Å².